The lowest BCUT2D eigenvalue weighted by Gasteiger charge is -2.39. The maximum absolute atomic E-state index is 12.9. The number of Topliss-reactive ketones (excluding diaryl/α,β-unsaturated/α-hetero) is 1. The first-order valence-corrected chi connectivity index (χ1v) is 9.62. The quantitative estimate of drug-likeness (QED) is 0.588. The van der Waals surface area contributed by atoms with E-state index in [1.807, 2.05) is 0 Å². The zero-order valence-electron chi connectivity index (χ0n) is 15.9. The average molecular weight is 307 g/mol. The SMILES string of the molecule is CC(C)(C)C1CCC(C(=O)C2CCC(C(C)(C)C)CC2)CC1. The van der Waals surface area contributed by atoms with Crippen molar-refractivity contribution in [2.75, 3.05) is 0 Å². The molecule has 1 nitrogen and oxygen atoms in total. The molecule has 0 aliphatic heterocycles. The van der Waals surface area contributed by atoms with Crippen LogP contribution in [-0.4, -0.2) is 5.78 Å². The molecule has 0 heterocycles. The van der Waals surface area contributed by atoms with E-state index < -0.39 is 0 Å². The number of ketones is 1. The van der Waals surface area contributed by atoms with Gasteiger partial charge >= 0.3 is 0 Å². The van der Waals surface area contributed by atoms with Gasteiger partial charge in [0.05, 0.1) is 0 Å². The Bertz CT molecular complexity index is 330. The molecule has 0 unspecified atom stereocenters. The Hall–Kier alpha value is -0.330. The van der Waals surface area contributed by atoms with Gasteiger partial charge in [-0.1, -0.05) is 41.5 Å². The molecule has 0 bridgehead atoms. The second kappa shape index (κ2) is 6.65. The number of rotatable bonds is 2. The van der Waals surface area contributed by atoms with Gasteiger partial charge in [0.15, 0.2) is 0 Å². The molecular formula is C21H38O. The highest BCUT2D eigenvalue weighted by Gasteiger charge is 2.37. The van der Waals surface area contributed by atoms with Crippen LogP contribution in [0, 0.1) is 34.5 Å². The molecule has 0 aromatic carbocycles. The Kier molecular flexibility index (Phi) is 5.45. The Morgan fingerprint density at radius 1 is 0.591 bits per heavy atom. The first-order chi connectivity index (χ1) is 10.1. The summed E-state index contributed by atoms with van der Waals surface area (Å²) in [6.45, 7) is 14.1. The highest BCUT2D eigenvalue weighted by atomic mass is 16.1. The molecule has 2 rings (SSSR count). The van der Waals surface area contributed by atoms with Crippen molar-refractivity contribution in [3.05, 3.63) is 0 Å². The standard InChI is InChI=1S/C21H38O/c1-20(2,3)17-11-7-15(8-12-17)19(22)16-9-13-18(14-10-16)21(4,5)6/h15-18H,7-14H2,1-6H3. The van der Waals surface area contributed by atoms with Crippen molar-refractivity contribution in [1.29, 1.82) is 0 Å². The van der Waals surface area contributed by atoms with Gasteiger partial charge in [-0.25, -0.2) is 0 Å². The van der Waals surface area contributed by atoms with Crippen LogP contribution in [0.5, 0.6) is 0 Å². The van der Waals surface area contributed by atoms with Crippen molar-refractivity contribution in [2.45, 2.75) is 92.9 Å². The molecule has 0 radical (unpaired) electrons. The van der Waals surface area contributed by atoms with E-state index >= 15 is 0 Å². The number of hydrogen-bond acceptors (Lipinski definition) is 1. The Balaban J connectivity index is 1.82. The van der Waals surface area contributed by atoms with Gasteiger partial charge in [0.1, 0.15) is 5.78 Å². The van der Waals surface area contributed by atoms with Gasteiger partial charge in [-0.3, -0.25) is 4.79 Å². The lowest BCUT2D eigenvalue weighted by molar-refractivity contribution is -0.130. The molecule has 0 aromatic rings. The zero-order chi connectivity index (χ0) is 16.5. The van der Waals surface area contributed by atoms with Crippen molar-refractivity contribution in [3.8, 4) is 0 Å². The average Bonchev–Trinajstić information content (AvgIpc) is 2.45. The zero-order valence-corrected chi connectivity index (χ0v) is 15.9. The minimum absolute atomic E-state index is 0.384. The van der Waals surface area contributed by atoms with E-state index in [1.165, 1.54) is 25.7 Å². The molecule has 128 valence electrons. The van der Waals surface area contributed by atoms with E-state index in [0.29, 0.717) is 28.4 Å². The van der Waals surface area contributed by atoms with E-state index in [4.69, 9.17) is 0 Å². The smallest absolute Gasteiger partial charge is 0.139 e. The monoisotopic (exact) mass is 306 g/mol. The number of hydrogen-bond donors (Lipinski definition) is 0. The summed E-state index contributed by atoms with van der Waals surface area (Å²) in [6.07, 6.45) is 9.66. The first kappa shape index (κ1) is 18.0. The van der Waals surface area contributed by atoms with Gasteiger partial charge in [0, 0.05) is 11.8 Å². The molecule has 2 aliphatic carbocycles. The molecule has 2 aliphatic rings. The summed E-state index contributed by atoms with van der Waals surface area (Å²) in [5.74, 6) is 3.02. The minimum Gasteiger partial charge on any atom is -0.299 e. The second-order valence-corrected chi connectivity index (χ2v) is 10.2. The topological polar surface area (TPSA) is 17.1 Å². The van der Waals surface area contributed by atoms with Crippen molar-refractivity contribution in [1.82, 2.24) is 0 Å². The van der Waals surface area contributed by atoms with Crippen LogP contribution < -0.4 is 0 Å². The summed E-state index contributed by atoms with van der Waals surface area (Å²) < 4.78 is 0. The van der Waals surface area contributed by atoms with Crippen LogP contribution in [0.4, 0.5) is 0 Å². The van der Waals surface area contributed by atoms with E-state index in [1.54, 1.807) is 0 Å². The molecule has 0 aromatic heterocycles. The van der Waals surface area contributed by atoms with Gasteiger partial charge in [0.2, 0.25) is 0 Å². The van der Waals surface area contributed by atoms with Gasteiger partial charge in [-0.05, 0) is 74.0 Å². The molecule has 0 spiro atoms. The number of carbonyl (C=O) groups is 1. The van der Waals surface area contributed by atoms with Crippen LogP contribution in [0.25, 0.3) is 0 Å². The molecule has 22 heavy (non-hydrogen) atoms. The molecule has 2 saturated carbocycles. The predicted octanol–water partition coefficient (Wildman–Crippen LogP) is 6.26. The number of carbonyl (C=O) groups excluding carboxylic acids is 1. The van der Waals surface area contributed by atoms with Crippen LogP contribution >= 0.6 is 0 Å². The van der Waals surface area contributed by atoms with Crippen LogP contribution in [0.1, 0.15) is 92.9 Å². The maximum Gasteiger partial charge on any atom is 0.139 e. The van der Waals surface area contributed by atoms with E-state index in [-0.39, 0.29) is 0 Å². The normalized spacial score (nSPS) is 34.5. The lowest BCUT2D eigenvalue weighted by Crippen LogP contribution is -2.34. The van der Waals surface area contributed by atoms with Crippen molar-refractivity contribution in [3.63, 3.8) is 0 Å². The van der Waals surface area contributed by atoms with Crippen molar-refractivity contribution in [2.24, 2.45) is 34.5 Å². The molecule has 0 amide bonds. The first-order valence-electron chi connectivity index (χ1n) is 9.62. The fourth-order valence-electron chi connectivity index (χ4n) is 4.82. The third-order valence-corrected chi connectivity index (χ3v) is 6.71. The van der Waals surface area contributed by atoms with Gasteiger partial charge in [-0.15, -0.1) is 0 Å². The van der Waals surface area contributed by atoms with E-state index in [2.05, 4.69) is 41.5 Å². The van der Waals surface area contributed by atoms with Crippen LogP contribution in [0.15, 0.2) is 0 Å². The third kappa shape index (κ3) is 4.36. The van der Waals surface area contributed by atoms with E-state index in [9.17, 15) is 4.79 Å². The predicted molar refractivity (Wildman–Crippen MR) is 94.8 cm³/mol. The molecule has 2 fully saturated rings. The van der Waals surface area contributed by atoms with Crippen molar-refractivity contribution < 1.29 is 4.79 Å². The second-order valence-electron chi connectivity index (χ2n) is 10.2. The van der Waals surface area contributed by atoms with Crippen LogP contribution in [0.2, 0.25) is 0 Å². The fourth-order valence-corrected chi connectivity index (χ4v) is 4.82. The molecule has 0 N–H and O–H groups in total. The highest BCUT2D eigenvalue weighted by Crippen LogP contribution is 2.44. The summed E-state index contributed by atoms with van der Waals surface area (Å²) in [6, 6.07) is 0. The molecule has 0 atom stereocenters. The van der Waals surface area contributed by atoms with Gasteiger partial charge in [0.25, 0.3) is 0 Å². The summed E-state index contributed by atoms with van der Waals surface area (Å²) in [5, 5.41) is 0. The summed E-state index contributed by atoms with van der Waals surface area (Å²) >= 11 is 0. The third-order valence-electron chi connectivity index (χ3n) is 6.71. The van der Waals surface area contributed by atoms with Crippen LogP contribution in [0.3, 0.4) is 0 Å². The minimum atomic E-state index is 0.384. The van der Waals surface area contributed by atoms with Gasteiger partial charge in [-0.2, -0.15) is 0 Å². The van der Waals surface area contributed by atoms with E-state index in [0.717, 1.165) is 37.5 Å². The fraction of sp³-hybridized carbons (Fsp3) is 0.952. The van der Waals surface area contributed by atoms with Crippen molar-refractivity contribution >= 4 is 5.78 Å². The Morgan fingerprint density at radius 3 is 1.09 bits per heavy atom. The summed E-state index contributed by atoms with van der Waals surface area (Å²) in [4.78, 5) is 12.9. The summed E-state index contributed by atoms with van der Waals surface area (Å²) in [7, 11) is 0. The maximum atomic E-state index is 12.9. The van der Waals surface area contributed by atoms with Gasteiger partial charge < -0.3 is 0 Å². The molecule has 0 saturated heterocycles. The largest absolute Gasteiger partial charge is 0.299 e. The summed E-state index contributed by atoms with van der Waals surface area (Å²) in [5.41, 5.74) is 0.831. The molecule has 1 heteroatoms. The molecular weight excluding hydrogens is 268 g/mol. The Labute approximate surface area is 138 Å². The highest BCUT2D eigenvalue weighted by molar-refractivity contribution is 5.83. The lowest BCUT2D eigenvalue weighted by atomic mass is 9.65. The van der Waals surface area contributed by atoms with Crippen LogP contribution in [-0.2, 0) is 4.79 Å². The Morgan fingerprint density at radius 2 is 0.864 bits per heavy atom.